The summed E-state index contributed by atoms with van der Waals surface area (Å²) in [6.07, 6.45) is 2.67. The van der Waals surface area contributed by atoms with E-state index in [-0.39, 0.29) is 18.0 Å². The third kappa shape index (κ3) is 6.14. The lowest BCUT2D eigenvalue weighted by atomic mass is 10.3. The van der Waals surface area contributed by atoms with Gasteiger partial charge in [0.05, 0.1) is 17.6 Å². The number of nitrogens with one attached hydrogen (secondary N) is 2. The number of urea groups is 1. The fraction of sp³-hybridized carbons (Fsp3) is 0.364. The first kappa shape index (κ1) is 15.9. The molecule has 9 heteroatoms. The van der Waals surface area contributed by atoms with Crippen LogP contribution >= 0.6 is 0 Å². The number of anilines is 1. The SMILES string of the molecule is CS(=O)(=O)CCCNC(=O)Nc1ccc(C(=O)O)nc1. The number of aromatic carboxylic acids is 1. The molecule has 0 aliphatic rings. The predicted octanol–water partition coefficient (Wildman–Crippen LogP) is 0.336. The van der Waals surface area contributed by atoms with Crippen LogP contribution < -0.4 is 10.6 Å². The number of pyridine rings is 1. The summed E-state index contributed by atoms with van der Waals surface area (Å²) in [5.74, 6) is -1.15. The van der Waals surface area contributed by atoms with Crippen molar-refractivity contribution in [3.8, 4) is 0 Å². The predicted molar refractivity (Wildman–Crippen MR) is 72.5 cm³/mol. The van der Waals surface area contributed by atoms with Gasteiger partial charge in [0, 0.05) is 12.8 Å². The second-order valence-corrected chi connectivity index (χ2v) is 6.36. The first-order valence-corrected chi connectivity index (χ1v) is 7.76. The second kappa shape index (κ2) is 6.85. The molecule has 0 aromatic carbocycles. The summed E-state index contributed by atoms with van der Waals surface area (Å²) < 4.78 is 21.7. The minimum absolute atomic E-state index is 0.00213. The molecule has 1 heterocycles. The molecule has 0 radical (unpaired) electrons. The molecule has 0 atom stereocenters. The van der Waals surface area contributed by atoms with Gasteiger partial charge in [-0.2, -0.15) is 0 Å². The zero-order valence-electron chi connectivity index (χ0n) is 10.8. The topological polar surface area (TPSA) is 125 Å². The van der Waals surface area contributed by atoms with Gasteiger partial charge in [-0.3, -0.25) is 0 Å². The summed E-state index contributed by atoms with van der Waals surface area (Å²) in [6.45, 7) is 0.222. The Morgan fingerprint density at radius 3 is 2.55 bits per heavy atom. The van der Waals surface area contributed by atoms with Crippen molar-refractivity contribution in [1.29, 1.82) is 0 Å². The number of carboxylic acids is 1. The monoisotopic (exact) mass is 301 g/mol. The van der Waals surface area contributed by atoms with Crippen LogP contribution in [-0.4, -0.2) is 49.1 Å². The lowest BCUT2D eigenvalue weighted by Crippen LogP contribution is -2.30. The largest absolute Gasteiger partial charge is 0.477 e. The average Bonchev–Trinajstić information content (AvgIpc) is 2.34. The summed E-state index contributed by atoms with van der Waals surface area (Å²) in [7, 11) is -3.03. The number of carboxylic acid groups (broad SMARTS) is 1. The first-order chi connectivity index (χ1) is 9.28. The van der Waals surface area contributed by atoms with E-state index in [0.717, 1.165) is 6.26 Å². The molecule has 1 aromatic heterocycles. The maximum atomic E-state index is 11.4. The standard InChI is InChI=1S/C11H15N3O5S/c1-20(18,19)6-2-5-12-11(17)14-8-3-4-9(10(15)16)13-7-8/h3-4,7H,2,5-6H2,1H3,(H,15,16)(H2,12,14,17). The van der Waals surface area contributed by atoms with Gasteiger partial charge in [-0.1, -0.05) is 0 Å². The zero-order valence-corrected chi connectivity index (χ0v) is 11.6. The van der Waals surface area contributed by atoms with Gasteiger partial charge in [0.1, 0.15) is 15.5 Å². The van der Waals surface area contributed by atoms with Crippen molar-refractivity contribution in [3.63, 3.8) is 0 Å². The van der Waals surface area contributed by atoms with E-state index in [1.54, 1.807) is 0 Å². The molecule has 20 heavy (non-hydrogen) atoms. The number of amides is 2. The minimum atomic E-state index is -3.03. The molecule has 0 spiro atoms. The van der Waals surface area contributed by atoms with Gasteiger partial charge in [0.25, 0.3) is 0 Å². The quantitative estimate of drug-likeness (QED) is 0.650. The average molecular weight is 301 g/mol. The minimum Gasteiger partial charge on any atom is -0.477 e. The van der Waals surface area contributed by atoms with Crippen molar-refractivity contribution in [2.45, 2.75) is 6.42 Å². The van der Waals surface area contributed by atoms with Crippen LogP contribution in [0, 0.1) is 0 Å². The maximum absolute atomic E-state index is 11.4. The van der Waals surface area contributed by atoms with E-state index < -0.39 is 21.8 Å². The van der Waals surface area contributed by atoms with Gasteiger partial charge in [-0.25, -0.2) is 23.0 Å². The highest BCUT2D eigenvalue weighted by Gasteiger charge is 2.06. The fourth-order valence-electron chi connectivity index (χ4n) is 1.31. The number of sulfone groups is 1. The molecule has 0 bridgehead atoms. The molecule has 0 saturated heterocycles. The van der Waals surface area contributed by atoms with Crippen molar-refractivity contribution >= 4 is 27.5 Å². The Morgan fingerprint density at radius 1 is 1.35 bits per heavy atom. The van der Waals surface area contributed by atoms with Crippen LogP contribution in [0.15, 0.2) is 18.3 Å². The molecule has 0 fully saturated rings. The molecular formula is C11H15N3O5S. The van der Waals surface area contributed by atoms with Crippen molar-refractivity contribution < 1.29 is 23.1 Å². The Hall–Kier alpha value is -2.16. The third-order valence-electron chi connectivity index (χ3n) is 2.22. The molecule has 1 aromatic rings. The highest BCUT2D eigenvalue weighted by Crippen LogP contribution is 2.05. The highest BCUT2D eigenvalue weighted by atomic mass is 32.2. The van der Waals surface area contributed by atoms with Gasteiger partial charge in [0.2, 0.25) is 0 Å². The van der Waals surface area contributed by atoms with Crippen LogP contribution in [0.2, 0.25) is 0 Å². The highest BCUT2D eigenvalue weighted by molar-refractivity contribution is 7.90. The van der Waals surface area contributed by atoms with Crippen LogP contribution in [0.5, 0.6) is 0 Å². The molecule has 2 amide bonds. The zero-order chi connectivity index (χ0) is 15.2. The summed E-state index contributed by atoms with van der Waals surface area (Å²) in [6, 6.07) is 2.16. The summed E-state index contributed by atoms with van der Waals surface area (Å²) in [4.78, 5) is 25.7. The van der Waals surface area contributed by atoms with E-state index in [2.05, 4.69) is 15.6 Å². The lowest BCUT2D eigenvalue weighted by molar-refractivity contribution is 0.0690. The summed E-state index contributed by atoms with van der Waals surface area (Å²) >= 11 is 0. The van der Waals surface area contributed by atoms with Crippen LogP contribution in [0.25, 0.3) is 0 Å². The molecule has 3 N–H and O–H groups in total. The number of nitrogens with zero attached hydrogens (tertiary/aromatic N) is 1. The van der Waals surface area contributed by atoms with Gasteiger partial charge >= 0.3 is 12.0 Å². The number of aromatic nitrogens is 1. The number of hydrogen-bond donors (Lipinski definition) is 3. The van der Waals surface area contributed by atoms with E-state index in [9.17, 15) is 18.0 Å². The Kier molecular flexibility index (Phi) is 5.44. The Labute approximate surface area is 116 Å². The van der Waals surface area contributed by atoms with Crippen LogP contribution in [0.1, 0.15) is 16.9 Å². The fourth-order valence-corrected chi connectivity index (χ4v) is 1.97. The molecular weight excluding hydrogens is 286 g/mol. The van der Waals surface area contributed by atoms with E-state index >= 15 is 0 Å². The summed E-state index contributed by atoms with van der Waals surface area (Å²) in [5, 5.41) is 13.6. The Morgan fingerprint density at radius 2 is 2.05 bits per heavy atom. The molecule has 0 unspecified atom stereocenters. The molecule has 1 rings (SSSR count). The van der Waals surface area contributed by atoms with Crippen molar-refractivity contribution in [2.24, 2.45) is 0 Å². The van der Waals surface area contributed by atoms with Crippen LogP contribution in [0.4, 0.5) is 10.5 Å². The van der Waals surface area contributed by atoms with Crippen molar-refractivity contribution in [3.05, 3.63) is 24.0 Å². The third-order valence-corrected chi connectivity index (χ3v) is 3.25. The lowest BCUT2D eigenvalue weighted by Gasteiger charge is -2.07. The number of carbonyl (C=O) groups excluding carboxylic acids is 1. The Bertz CT molecular complexity index is 583. The van der Waals surface area contributed by atoms with Gasteiger partial charge < -0.3 is 15.7 Å². The smallest absolute Gasteiger partial charge is 0.354 e. The molecule has 110 valence electrons. The van der Waals surface area contributed by atoms with Crippen molar-refractivity contribution in [2.75, 3.05) is 23.9 Å². The maximum Gasteiger partial charge on any atom is 0.354 e. The molecule has 0 aliphatic heterocycles. The molecule has 0 aliphatic carbocycles. The Balaban J connectivity index is 2.37. The van der Waals surface area contributed by atoms with Gasteiger partial charge in [-0.05, 0) is 18.6 Å². The normalized spacial score (nSPS) is 10.8. The second-order valence-electron chi connectivity index (χ2n) is 4.10. The number of rotatable bonds is 6. The van der Waals surface area contributed by atoms with E-state index in [1.165, 1.54) is 18.3 Å². The van der Waals surface area contributed by atoms with E-state index in [1.807, 2.05) is 0 Å². The number of carbonyl (C=O) groups is 2. The van der Waals surface area contributed by atoms with Gasteiger partial charge in [0.15, 0.2) is 0 Å². The number of hydrogen-bond acceptors (Lipinski definition) is 5. The first-order valence-electron chi connectivity index (χ1n) is 5.70. The van der Waals surface area contributed by atoms with E-state index in [0.29, 0.717) is 12.1 Å². The summed E-state index contributed by atoms with van der Waals surface area (Å²) in [5.41, 5.74) is 0.222. The molecule has 8 nitrogen and oxygen atoms in total. The van der Waals surface area contributed by atoms with Crippen LogP contribution in [0.3, 0.4) is 0 Å². The van der Waals surface area contributed by atoms with Crippen molar-refractivity contribution in [1.82, 2.24) is 10.3 Å². The molecule has 0 saturated carbocycles. The van der Waals surface area contributed by atoms with Gasteiger partial charge in [-0.15, -0.1) is 0 Å². The van der Waals surface area contributed by atoms with Crippen LogP contribution in [-0.2, 0) is 9.84 Å². The van der Waals surface area contributed by atoms with E-state index in [4.69, 9.17) is 5.11 Å².